The minimum atomic E-state index is -5.04. The van der Waals surface area contributed by atoms with Crippen LogP contribution in [0.1, 0.15) is 11.3 Å². The number of ether oxygens (including phenoxy) is 1. The van der Waals surface area contributed by atoms with Crippen molar-refractivity contribution in [2.75, 3.05) is 0 Å². The minimum Gasteiger partial charge on any atom is -0.503 e. The number of carbonyl (C=O) groups is 1. The fourth-order valence-electron chi connectivity index (χ4n) is 1.20. The number of pyridine rings is 1. The van der Waals surface area contributed by atoms with Crippen molar-refractivity contribution in [3.63, 3.8) is 0 Å². The Hall–Kier alpha value is -2.03. The molecule has 0 saturated heterocycles. The van der Waals surface area contributed by atoms with Gasteiger partial charge in [-0.15, -0.1) is 13.2 Å². The largest absolute Gasteiger partial charge is 0.574 e. The van der Waals surface area contributed by atoms with Crippen LogP contribution in [0.4, 0.5) is 13.2 Å². The minimum absolute atomic E-state index is 0.0829. The molecule has 1 rings (SSSR count). The summed E-state index contributed by atoms with van der Waals surface area (Å²) in [4.78, 5) is 13.7. The molecular weight excluding hydrogens is 257 g/mol. The first-order valence-electron chi connectivity index (χ1n) is 4.62. The predicted octanol–water partition coefficient (Wildman–Crippen LogP) is 0.772. The normalized spacial score (nSPS) is 11.3. The van der Waals surface area contributed by atoms with Crippen LogP contribution in [0.15, 0.2) is 6.07 Å². The van der Waals surface area contributed by atoms with Gasteiger partial charge in [0.2, 0.25) is 0 Å². The van der Waals surface area contributed by atoms with Crippen LogP contribution in [0.25, 0.3) is 0 Å². The second-order valence-corrected chi connectivity index (χ2v) is 3.25. The van der Waals surface area contributed by atoms with E-state index >= 15 is 0 Å². The zero-order valence-electron chi connectivity index (χ0n) is 8.86. The third kappa shape index (κ3) is 3.77. The average Bonchev–Trinajstić information content (AvgIpc) is 2.19. The number of hydrogen-bond donors (Lipinski definition) is 3. The van der Waals surface area contributed by atoms with Gasteiger partial charge in [-0.25, -0.2) is 4.98 Å². The molecule has 0 bridgehead atoms. The summed E-state index contributed by atoms with van der Waals surface area (Å²) in [5, 5.41) is 17.9. The zero-order chi connectivity index (χ0) is 13.9. The van der Waals surface area contributed by atoms with Crippen LogP contribution in [0, 0.1) is 0 Å². The first kappa shape index (κ1) is 14.0. The van der Waals surface area contributed by atoms with Crippen molar-refractivity contribution in [2.24, 2.45) is 5.73 Å². The molecular formula is C9H9F3N2O4. The van der Waals surface area contributed by atoms with Crippen LogP contribution in [0.3, 0.4) is 0 Å². The lowest BCUT2D eigenvalue weighted by Gasteiger charge is -2.12. The lowest BCUT2D eigenvalue weighted by Crippen LogP contribution is -2.19. The fraction of sp³-hybridized carbons (Fsp3) is 0.333. The summed E-state index contributed by atoms with van der Waals surface area (Å²) in [5.41, 5.74) is 4.93. The van der Waals surface area contributed by atoms with Gasteiger partial charge in [0.25, 0.3) is 5.88 Å². The van der Waals surface area contributed by atoms with E-state index in [0.29, 0.717) is 0 Å². The Morgan fingerprint density at radius 1 is 1.50 bits per heavy atom. The van der Waals surface area contributed by atoms with E-state index in [1.165, 1.54) is 0 Å². The van der Waals surface area contributed by atoms with Crippen molar-refractivity contribution >= 4 is 5.97 Å². The standard InChI is InChI=1S/C9H9F3N2O4/c10-9(11,12)18-8-7(17)4(3-13)1-5(14-8)2-6(15)16/h1,17H,2-3,13H2,(H,15,16). The molecule has 9 heteroatoms. The molecule has 1 aromatic rings. The fourth-order valence-corrected chi connectivity index (χ4v) is 1.20. The summed E-state index contributed by atoms with van der Waals surface area (Å²) in [5.74, 6) is -3.25. The van der Waals surface area contributed by atoms with Crippen molar-refractivity contribution in [1.29, 1.82) is 0 Å². The second-order valence-electron chi connectivity index (χ2n) is 3.25. The van der Waals surface area contributed by atoms with E-state index in [0.717, 1.165) is 6.07 Å². The molecule has 0 aromatic carbocycles. The number of aromatic nitrogens is 1. The molecule has 18 heavy (non-hydrogen) atoms. The molecule has 0 atom stereocenters. The molecule has 0 amide bonds. The van der Waals surface area contributed by atoms with E-state index in [-0.39, 0.29) is 17.8 Å². The van der Waals surface area contributed by atoms with E-state index in [2.05, 4.69) is 9.72 Å². The Bertz CT molecular complexity index is 462. The SMILES string of the molecule is NCc1cc(CC(=O)O)nc(OC(F)(F)F)c1O. The van der Waals surface area contributed by atoms with Gasteiger partial charge < -0.3 is 20.7 Å². The predicted molar refractivity (Wildman–Crippen MR) is 51.8 cm³/mol. The lowest BCUT2D eigenvalue weighted by atomic mass is 10.1. The molecule has 0 aliphatic rings. The van der Waals surface area contributed by atoms with Gasteiger partial charge in [0, 0.05) is 12.1 Å². The topological polar surface area (TPSA) is 106 Å². The highest BCUT2D eigenvalue weighted by atomic mass is 19.4. The van der Waals surface area contributed by atoms with Gasteiger partial charge >= 0.3 is 12.3 Å². The summed E-state index contributed by atoms with van der Waals surface area (Å²) in [6.07, 6.45) is -5.65. The second kappa shape index (κ2) is 5.08. The first-order valence-corrected chi connectivity index (χ1v) is 4.62. The number of carboxylic acid groups (broad SMARTS) is 1. The Labute approximate surface area is 98.8 Å². The van der Waals surface area contributed by atoms with E-state index in [4.69, 9.17) is 10.8 Å². The van der Waals surface area contributed by atoms with Crippen LogP contribution in [0.5, 0.6) is 11.6 Å². The van der Waals surface area contributed by atoms with Crippen molar-refractivity contribution < 1.29 is 32.9 Å². The van der Waals surface area contributed by atoms with Crippen LogP contribution in [-0.4, -0.2) is 27.5 Å². The third-order valence-corrected chi connectivity index (χ3v) is 1.86. The van der Waals surface area contributed by atoms with Crippen molar-refractivity contribution in [3.8, 4) is 11.6 Å². The van der Waals surface area contributed by atoms with E-state index < -0.39 is 30.4 Å². The van der Waals surface area contributed by atoms with Crippen LogP contribution in [-0.2, 0) is 17.8 Å². The smallest absolute Gasteiger partial charge is 0.503 e. The molecule has 0 saturated carbocycles. The molecule has 0 radical (unpaired) electrons. The third-order valence-electron chi connectivity index (χ3n) is 1.86. The highest BCUT2D eigenvalue weighted by molar-refractivity contribution is 5.69. The van der Waals surface area contributed by atoms with Crippen LogP contribution >= 0.6 is 0 Å². The number of hydrogen-bond acceptors (Lipinski definition) is 5. The Morgan fingerprint density at radius 3 is 2.56 bits per heavy atom. The van der Waals surface area contributed by atoms with E-state index in [1.807, 2.05) is 0 Å². The van der Waals surface area contributed by atoms with Gasteiger partial charge in [-0.1, -0.05) is 0 Å². The maximum Gasteiger partial charge on any atom is 0.574 e. The monoisotopic (exact) mass is 266 g/mol. The Morgan fingerprint density at radius 2 is 2.11 bits per heavy atom. The van der Waals surface area contributed by atoms with Crippen LogP contribution in [0.2, 0.25) is 0 Å². The number of aliphatic carboxylic acids is 1. The Kier molecular flexibility index (Phi) is 3.96. The van der Waals surface area contributed by atoms with Gasteiger partial charge in [0.15, 0.2) is 5.75 Å². The number of aromatic hydroxyl groups is 1. The molecule has 6 nitrogen and oxygen atoms in total. The van der Waals surface area contributed by atoms with Crippen molar-refractivity contribution in [2.45, 2.75) is 19.3 Å². The van der Waals surface area contributed by atoms with Gasteiger partial charge in [0.1, 0.15) is 0 Å². The first-order chi connectivity index (χ1) is 8.23. The van der Waals surface area contributed by atoms with Gasteiger partial charge in [0.05, 0.1) is 12.1 Å². The summed E-state index contributed by atoms with van der Waals surface area (Å²) in [7, 11) is 0. The molecule has 0 aliphatic carbocycles. The highest BCUT2D eigenvalue weighted by Gasteiger charge is 2.33. The number of nitrogens with zero attached hydrogens (tertiary/aromatic N) is 1. The number of alkyl halides is 3. The van der Waals surface area contributed by atoms with Gasteiger partial charge in [-0.2, -0.15) is 0 Å². The number of rotatable bonds is 4. The summed E-state index contributed by atoms with van der Waals surface area (Å²) in [6.45, 7) is -0.283. The maximum absolute atomic E-state index is 12.0. The molecule has 0 fully saturated rings. The highest BCUT2D eigenvalue weighted by Crippen LogP contribution is 2.32. The molecule has 0 spiro atoms. The van der Waals surface area contributed by atoms with Crippen molar-refractivity contribution in [3.05, 3.63) is 17.3 Å². The molecule has 1 heterocycles. The zero-order valence-corrected chi connectivity index (χ0v) is 8.86. The maximum atomic E-state index is 12.0. The molecule has 1 aromatic heterocycles. The van der Waals surface area contributed by atoms with E-state index in [9.17, 15) is 23.1 Å². The lowest BCUT2D eigenvalue weighted by molar-refractivity contribution is -0.276. The number of nitrogens with two attached hydrogens (primary N) is 1. The molecule has 100 valence electrons. The number of halogens is 3. The summed E-state index contributed by atoms with van der Waals surface area (Å²) < 4.78 is 39.6. The molecule has 4 N–H and O–H groups in total. The van der Waals surface area contributed by atoms with Gasteiger partial charge in [-0.05, 0) is 6.07 Å². The van der Waals surface area contributed by atoms with Gasteiger partial charge in [-0.3, -0.25) is 4.79 Å². The Balaban J connectivity index is 3.18. The summed E-state index contributed by atoms with van der Waals surface area (Å²) >= 11 is 0. The summed E-state index contributed by atoms with van der Waals surface area (Å²) in [6, 6.07) is 1.10. The molecule has 0 unspecified atom stereocenters. The van der Waals surface area contributed by atoms with Crippen LogP contribution < -0.4 is 10.5 Å². The van der Waals surface area contributed by atoms with E-state index in [1.54, 1.807) is 0 Å². The molecule has 0 aliphatic heterocycles. The van der Waals surface area contributed by atoms with Crippen molar-refractivity contribution in [1.82, 2.24) is 4.98 Å². The number of carboxylic acids is 1. The average molecular weight is 266 g/mol. The quantitative estimate of drug-likeness (QED) is 0.743.